The molecule has 0 aliphatic carbocycles. The van der Waals surface area contributed by atoms with E-state index in [9.17, 15) is 14.4 Å². The first-order valence-corrected chi connectivity index (χ1v) is 10.1. The number of carbonyl (C=O) groups is 3. The molecule has 0 aliphatic heterocycles. The van der Waals surface area contributed by atoms with Crippen LogP contribution in [0.25, 0.3) is 0 Å². The highest BCUT2D eigenvalue weighted by Crippen LogP contribution is 2.23. The van der Waals surface area contributed by atoms with E-state index in [2.05, 4.69) is 21.5 Å². The number of aryl methyl sites for hydroxylation is 1. The molecule has 0 aliphatic rings. The van der Waals surface area contributed by atoms with Gasteiger partial charge in [-0.05, 0) is 48.8 Å². The highest BCUT2D eigenvalue weighted by molar-refractivity contribution is 7.80. The zero-order chi connectivity index (χ0) is 21.9. The molecule has 0 unspecified atom stereocenters. The van der Waals surface area contributed by atoms with Gasteiger partial charge in [0.1, 0.15) is 0 Å². The largest absolute Gasteiger partial charge is 0.326 e. The molecular weight excluding hydrogens is 424 g/mol. The quantitative estimate of drug-likeness (QED) is 0.387. The number of halogens is 1. The highest BCUT2D eigenvalue weighted by atomic mass is 35.5. The third kappa shape index (κ3) is 8.18. The third-order valence-corrected chi connectivity index (χ3v) is 4.79. The Morgan fingerprint density at radius 1 is 0.867 bits per heavy atom. The lowest BCUT2D eigenvalue weighted by Gasteiger charge is -2.11. The summed E-state index contributed by atoms with van der Waals surface area (Å²) in [6.45, 7) is 1.80. The number of hydrogen-bond acceptors (Lipinski definition) is 4. The van der Waals surface area contributed by atoms with Crippen molar-refractivity contribution >= 4 is 52.3 Å². The number of nitrogens with one attached hydrogen (secondary N) is 4. The maximum Gasteiger partial charge on any atom is 0.238 e. The van der Waals surface area contributed by atoms with Crippen LogP contribution in [-0.2, 0) is 20.8 Å². The molecule has 0 atom stereocenters. The Bertz CT molecular complexity index is 922. The lowest BCUT2D eigenvalue weighted by atomic mass is 10.1. The number of thiocarbonyl (C=S) groups is 1. The van der Waals surface area contributed by atoms with Gasteiger partial charge in [0.25, 0.3) is 0 Å². The van der Waals surface area contributed by atoms with E-state index in [1.54, 1.807) is 25.1 Å². The van der Waals surface area contributed by atoms with Crippen molar-refractivity contribution in [2.24, 2.45) is 0 Å². The molecule has 2 rings (SSSR count). The minimum atomic E-state index is -0.436. The average molecular weight is 447 g/mol. The molecule has 0 saturated heterocycles. The topological polar surface area (TPSA) is 99.3 Å². The van der Waals surface area contributed by atoms with Crippen LogP contribution >= 0.6 is 23.8 Å². The van der Waals surface area contributed by atoms with E-state index >= 15 is 0 Å². The maximum atomic E-state index is 12.0. The van der Waals surface area contributed by atoms with Gasteiger partial charge in [-0.25, -0.2) is 0 Å². The van der Waals surface area contributed by atoms with Crippen molar-refractivity contribution in [1.29, 1.82) is 0 Å². The van der Waals surface area contributed by atoms with Crippen LogP contribution < -0.4 is 21.5 Å². The van der Waals surface area contributed by atoms with Crippen LogP contribution in [0.4, 0.5) is 5.69 Å². The lowest BCUT2D eigenvalue weighted by molar-refractivity contribution is -0.124. The van der Waals surface area contributed by atoms with Gasteiger partial charge in [0.2, 0.25) is 17.7 Å². The fraction of sp³-hybridized carbons (Fsp3) is 0.238. The van der Waals surface area contributed by atoms with Crippen LogP contribution in [0.15, 0.2) is 48.5 Å². The van der Waals surface area contributed by atoms with Gasteiger partial charge in [-0.3, -0.25) is 25.2 Å². The molecule has 0 heterocycles. The maximum absolute atomic E-state index is 12.0. The second-order valence-corrected chi connectivity index (χ2v) is 7.31. The molecule has 4 N–H and O–H groups in total. The number of rotatable bonds is 7. The molecule has 7 nitrogen and oxygen atoms in total. The second-order valence-electron chi connectivity index (χ2n) is 6.50. The normalized spacial score (nSPS) is 10.1. The van der Waals surface area contributed by atoms with Gasteiger partial charge in [0, 0.05) is 30.0 Å². The zero-order valence-electron chi connectivity index (χ0n) is 16.5. The molecule has 0 saturated carbocycles. The molecule has 9 heteroatoms. The average Bonchev–Trinajstić information content (AvgIpc) is 2.73. The van der Waals surface area contributed by atoms with Crippen LogP contribution in [0.1, 0.15) is 30.4 Å². The first kappa shape index (κ1) is 23.3. The van der Waals surface area contributed by atoms with Crippen LogP contribution in [0, 0.1) is 6.92 Å². The molecule has 158 valence electrons. The van der Waals surface area contributed by atoms with Crippen LogP contribution in [0.5, 0.6) is 0 Å². The van der Waals surface area contributed by atoms with Crippen LogP contribution in [-0.4, -0.2) is 22.8 Å². The molecule has 30 heavy (non-hydrogen) atoms. The smallest absolute Gasteiger partial charge is 0.238 e. The molecule has 3 amide bonds. The summed E-state index contributed by atoms with van der Waals surface area (Å²) in [7, 11) is 0. The van der Waals surface area contributed by atoms with E-state index in [1.165, 1.54) is 0 Å². The van der Waals surface area contributed by atoms with Crippen molar-refractivity contribution in [1.82, 2.24) is 16.2 Å². The number of amides is 3. The van der Waals surface area contributed by atoms with Crippen molar-refractivity contribution in [3.8, 4) is 0 Å². The van der Waals surface area contributed by atoms with Gasteiger partial charge in [-0.1, -0.05) is 48.0 Å². The van der Waals surface area contributed by atoms with Crippen LogP contribution in [0.2, 0.25) is 5.02 Å². The second kappa shape index (κ2) is 11.9. The first-order valence-electron chi connectivity index (χ1n) is 9.32. The Kier molecular flexibility index (Phi) is 9.24. The number of benzene rings is 2. The van der Waals surface area contributed by atoms with Crippen molar-refractivity contribution in [2.45, 2.75) is 32.6 Å². The Labute approximate surface area is 185 Å². The van der Waals surface area contributed by atoms with Crippen molar-refractivity contribution in [3.05, 3.63) is 64.7 Å². The fourth-order valence-corrected chi connectivity index (χ4v) is 2.83. The van der Waals surface area contributed by atoms with Crippen LogP contribution in [0.3, 0.4) is 0 Å². The molecule has 2 aromatic rings. The summed E-state index contributed by atoms with van der Waals surface area (Å²) < 4.78 is 0. The van der Waals surface area contributed by atoms with Crippen molar-refractivity contribution < 1.29 is 14.4 Å². The van der Waals surface area contributed by atoms with Gasteiger partial charge < -0.3 is 10.6 Å². The first-order chi connectivity index (χ1) is 14.3. The zero-order valence-corrected chi connectivity index (χ0v) is 18.0. The Hall–Kier alpha value is -2.97. The number of hydrazine groups is 1. The van der Waals surface area contributed by atoms with E-state index < -0.39 is 5.91 Å². The molecule has 0 fully saturated rings. The third-order valence-electron chi connectivity index (χ3n) is 4.17. The van der Waals surface area contributed by atoms with Gasteiger partial charge in [-0.2, -0.15) is 0 Å². The fourth-order valence-electron chi connectivity index (χ4n) is 2.49. The monoisotopic (exact) mass is 446 g/mol. The van der Waals surface area contributed by atoms with E-state index in [0.717, 1.165) is 11.1 Å². The lowest BCUT2D eigenvalue weighted by Crippen LogP contribution is -2.48. The van der Waals surface area contributed by atoms with E-state index in [0.29, 0.717) is 17.1 Å². The summed E-state index contributed by atoms with van der Waals surface area (Å²) in [5.74, 6) is -1.01. The summed E-state index contributed by atoms with van der Waals surface area (Å²) in [4.78, 5) is 35.8. The van der Waals surface area contributed by atoms with Crippen molar-refractivity contribution in [2.75, 3.05) is 5.32 Å². The SMILES string of the molecule is Cc1c(Cl)cccc1NC(=O)CCC(=O)NNC(=S)NC(=O)CCc1ccccc1. The Balaban J connectivity index is 1.63. The summed E-state index contributed by atoms with van der Waals surface area (Å²) in [6, 6.07) is 14.8. The molecule has 0 spiro atoms. The standard InChI is InChI=1S/C21H23ClN4O3S/c1-14-16(22)8-5-9-17(14)23-18(27)12-13-20(29)25-26-21(30)24-19(28)11-10-15-6-3-2-4-7-15/h2-9H,10-13H2,1H3,(H,23,27)(H,25,29)(H2,24,26,28,30). The molecule has 0 aromatic heterocycles. The van der Waals surface area contributed by atoms with Gasteiger partial charge >= 0.3 is 0 Å². The van der Waals surface area contributed by atoms with E-state index in [-0.39, 0.29) is 36.2 Å². The Morgan fingerprint density at radius 3 is 2.30 bits per heavy atom. The van der Waals surface area contributed by atoms with Gasteiger partial charge in [0.15, 0.2) is 5.11 Å². The summed E-state index contributed by atoms with van der Waals surface area (Å²) in [5.41, 5.74) is 7.21. The molecular formula is C21H23ClN4O3S. The molecule has 0 bridgehead atoms. The van der Waals surface area contributed by atoms with E-state index in [1.807, 2.05) is 30.3 Å². The van der Waals surface area contributed by atoms with Gasteiger partial charge in [0.05, 0.1) is 0 Å². The number of carbonyl (C=O) groups excluding carboxylic acids is 3. The molecule has 2 aromatic carbocycles. The predicted octanol–water partition coefficient (Wildman–Crippen LogP) is 3.02. The minimum Gasteiger partial charge on any atom is -0.326 e. The van der Waals surface area contributed by atoms with Gasteiger partial charge in [-0.15, -0.1) is 0 Å². The number of anilines is 1. The predicted molar refractivity (Wildman–Crippen MR) is 121 cm³/mol. The molecule has 0 radical (unpaired) electrons. The summed E-state index contributed by atoms with van der Waals surface area (Å²) in [6.07, 6.45) is 0.782. The highest BCUT2D eigenvalue weighted by Gasteiger charge is 2.10. The van der Waals surface area contributed by atoms with E-state index in [4.69, 9.17) is 23.8 Å². The minimum absolute atomic E-state index is 0.0135. The summed E-state index contributed by atoms with van der Waals surface area (Å²) in [5, 5.41) is 5.74. The summed E-state index contributed by atoms with van der Waals surface area (Å²) >= 11 is 11.0. The van der Waals surface area contributed by atoms with Crippen molar-refractivity contribution in [3.63, 3.8) is 0 Å². The Morgan fingerprint density at radius 2 is 1.57 bits per heavy atom. The number of hydrogen-bond donors (Lipinski definition) is 4.